The molecule has 0 saturated carbocycles. The zero-order valence-corrected chi connectivity index (χ0v) is 21.3. The Labute approximate surface area is 216 Å². The van der Waals surface area contributed by atoms with Crippen LogP contribution in [-0.4, -0.2) is 60.6 Å². The first-order valence-electron chi connectivity index (χ1n) is 12.5. The molecule has 2 aliphatic heterocycles. The Kier molecular flexibility index (Phi) is 6.99. The van der Waals surface area contributed by atoms with Crippen molar-refractivity contribution in [1.29, 1.82) is 0 Å². The van der Waals surface area contributed by atoms with E-state index < -0.39 is 0 Å². The van der Waals surface area contributed by atoms with E-state index in [2.05, 4.69) is 24.0 Å². The van der Waals surface area contributed by atoms with Crippen LogP contribution >= 0.6 is 0 Å². The molecule has 1 aromatic heterocycles. The summed E-state index contributed by atoms with van der Waals surface area (Å²) in [6.07, 6.45) is 2.99. The van der Waals surface area contributed by atoms with Gasteiger partial charge in [0.1, 0.15) is 0 Å². The molecule has 2 amide bonds. The molecule has 2 aliphatic rings. The number of benzene rings is 2. The Balaban J connectivity index is 1.30. The SMILES string of the molecule is COc1ccc(C(c2ccccc2C)N(C)C(=O)C2CCN(C(=O)c3ccc4c(c3)OCO4)CC2)cn1. The molecule has 1 unspecified atom stereocenters. The third-order valence-electron chi connectivity index (χ3n) is 7.25. The Morgan fingerprint density at radius 3 is 2.51 bits per heavy atom. The number of hydrogen-bond donors (Lipinski definition) is 0. The fourth-order valence-electron chi connectivity index (χ4n) is 5.14. The summed E-state index contributed by atoms with van der Waals surface area (Å²) in [7, 11) is 3.44. The molecule has 3 aromatic rings. The van der Waals surface area contributed by atoms with Gasteiger partial charge in [-0.15, -0.1) is 0 Å². The fourth-order valence-corrected chi connectivity index (χ4v) is 5.14. The number of piperidine rings is 1. The van der Waals surface area contributed by atoms with Gasteiger partial charge in [-0.2, -0.15) is 0 Å². The van der Waals surface area contributed by atoms with Crippen LogP contribution in [0.5, 0.6) is 17.4 Å². The molecule has 2 aromatic carbocycles. The van der Waals surface area contributed by atoms with Gasteiger partial charge in [0.2, 0.25) is 18.6 Å². The number of aromatic nitrogens is 1. The number of rotatable bonds is 6. The van der Waals surface area contributed by atoms with Crippen molar-refractivity contribution < 1.29 is 23.8 Å². The number of pyridine rings is 1. The van der Waals surface area contributed by atoms with Gasteiger partial charge < -0.3 is 24.0 Å². The summed E-state index contributed by atoms with van der Waals surface area (Å²) >= 11 is 0. The van der Waals surface area contributed by atoms with Gasteiger partial charge in [0.05, 0.1) is 13.2 Å². The maximum absolute atomic E-state index is 13.7. The van der Waals surface area contributed by atoms with E-state index in [0.717, 1.165) is 16.7 Å². The third-order valence-corrected chi connectivity index (χ3v) is 7.25. The highest BCUT2D eigenvalue weighted by atomic mass is 16.7. The van der Waals surface area contributed by atoms with E-state index in [0.29, 0.717) is 48.9 Å². The number of hydrogen-bond acceptors (Lipinski definition) is 6. The van der Waals surface area contributed by atoms with E-state index in [1.807, 2.05) is 41.1 Å². The second-order valence-electron chi connectivity index (χ2n) is 9.48. The van der Waals surface area contributed by atoms with Crippen molar-refractivity contribution in [3.8, 4) is 17.4 Å². The van der Waals surface area contributed by atoms with Gasteiger partial charge in [0.25, 0.3) is 5.91 Å². The number of aryl methyl sites for hydroxylation is 1. The minimum absolute atomic E-state index is 0.0559. The molecule has 0 aliphatic carbocycles. The Hall–Kier alpha value is -4.07. The molecule has 5 rings (SSSR count). The maximum atomic E-state index is 13.7. The van der Waals surface area contributed by atoms with Crippen LogP contribution in [-0.2, 0) is 4.79 Å². The van der Waals surface area contributed by atoms with Crippen LogP contribution in [0.3, 0.4) is 0 Å². The molecule has 192 valence electrons. The Morgan fingerprint density at radius 1 is 1.05 bits per heavy atom. The highest BCUT2D eigenvalue weighted by Crippen LogP contribution is 2.35. The minimum Gasteiger partial charge on any atom is -0.481 e. The summed E-state index contributed by atoms with van der Waals surface area (Å²) in [6, 6.07) is 16.8. The highest BCUT2D eigenvalue weighted by molar-refractivity contribution is 5.95. The lowest BCUT2D eigenvalue weighted by Gasteiger charge is -2.36. The van der Waals surface area contributed by atoms with E-state index in [1.165, 1.54) is 0 Å². The van der Waals surface area contributed by atoms with Crippen LogP contribution in [0.2, 0.25) is 0 Å². The van der Waals surface area contributed by atoms with Crippen molar-refractivity contribution in [2.24, 2.45) is 5.92 Å². The lowest BCUT2D eigenvalue weighted by Crippen LogP contribution is -2.44. The summed E-state index contributed by atoms with van der Waals surface area (Å²) in [5, 5.41) is 0. The number of likely N-dealkylation sites (tertiary alicyclic amines) is 1. The van der Waals surface area contributed by atoms with E-state index in [-0.39, 0.29) is 30.6 Å². The lowest BCUT2D eigenvalue weighted by atomic mass is 9.91. The predicted molar refractivity (Wildman–Crippen MR) is 138 cm³/mol. The van der Waals surface area contributed by atoms with E-state index in [9.17, 15) is 9.59 Å². The molecule has 1 fully saturated rings. The van der Waals surface area contributed by atoms with Crippen molar-refractivity contribution in [1.82, 2.24) is 14.8 Å². The zero-order chi connectivity index (χ0) is 25.9. The van der Waals surface area contributed by atoms with Crippen LogP contribution in [0.1, 0.15) is 45.9 Å². The van der Waals surface area contributed by atoms with Gasteiger partial charge >= 0.3 is 0 Å². The van der Waals surface area contributed by atoms with Crippen molar-refractivity contribution in [2.75, 3.05) is 34.0 Å². The summed E-state index contributed by atoms with van der Waals surface area (Å²) in [6.45, 7) is 3.27. The number of amides is 2. The Bertz CT molecular complexity index is 1280. The number of nitrogens with zero attached hydrogens (tertiary/aromatic N) is 3. The summed E-state index contributed by atoms with van der Waals surface area (Å²) in [5.41, 5.74) is 3.65. The first-order chi connectivity index (χ1) is 18.0. The van der Waals surface area contributed by atoms with Crippen LogP contribution < -0.4 is 14.2 Å². The average molecular weight is 502 g/mol. The van der Waals surface area contributed by atoms with Gasteiger partial charge in [-0.05, 0) is 60.7 Å². The molecule has 1 saturated heterocycles. The van der Waals surface area contributed by atoms with Gasteiger partial charge in [-0.1, -0.05) is 24.3 Å². The van der Waals surface area contributed by atoms with Gasteiger partial charge in [0, 0.05) is 43.9 Å². The number of ether oxygens (including phenoxy) is 3. The van der Waals surface area contributed by atoms with Crippen molar-refractivity contribution in [3.05, 3.63) is 83.0 Å². The van der Waals surface area contributed by atoms with Crippen LogP contribution in [0.25, 0.3) is 0 Å². The maximum Gasteiger partial charge on any atom is 0.253 e. The number of carbonyl (C=O) groups is 2. The topological polar surface area (TPSA) is 81.2 Å². The van der Waals surface area contributed by atoms with Gasteiger partial charge in [-0.3, -0.25) is 9.59 Å². The number of methoxy groups -OCH3 is 1. The van der Waals surface area contributed by atoms with E-state index in [1.54, 1.807) is 31.5 Å². The largest absolute Gasteiger partial charge is 0.481 e. The molecule has 0 N–H and O–H groups in total. The van der Waals surface area contributed by atoms with Crippen molar-refractivity contribution in [2.45, 2.75) is 25.8 Å². The highest BCUT2D eigenvalue weighted by Gasteiger charge is 2.33. The smallest absolute Gasteiger partial charge is 0.253 e. The molecular weight excluding hydrogens is 470 g/mol. The molecule has 0 bridgehead atoms. The average Bonchev–Trinajstić information content (AvgIpc) is 3.42. The predicted octanol–water partition coefficient (Wildman–Crippen LogP) is 4.23. The Morgan fingerprint density at radius 2 is 1.81 bits per heavy atom. The quantitative estimate of drug-likeness (QED) is 0.503. The van der Waals surface area contributed by atoms with Crippen LogP contribution in [0.15, 0.2) is 60.8 Å². The normalized spacial score (nSPS) is 15.8. The second-order valence-corrected chi connectivity index (χ2v) is 9.48. The first kappa shape index (κ1) is 24.6. The summed E-state index contributed by atoms with van der Waals surface area (Å²) < 4.78 is 16.0. The van der Waals surface area contributed by atoms with Gasteiger partial charge in [0.15, 0.2) is 11.5 Å². The number of carbonyl (C=O) groups excluding carboxylic acids is 2. The van der Waals surface area contributed by atoms with Crippen molar-refractivity contribution >= 4 is 11.8 Å². The molecule has 1 atom stereocenters. The third kappa shape index (κ3) is 4.96. The number of fused-ring (bicyclic) bond motifs is 1. The zero-order valence-electron chi connectivity index (χ0n) is 21.3. The van der Waals surface area contributed by atoms with Gasteiger partial charge in [-0.25, -0.2) is 4.98 Å². The van der Waals surface area contributed by atoms with Crippen LogP contribution in [0, 0.1) is 12.8 Å². The lowest BCUT2D eigenvalue weighted by molar-refractivity contribution is -0.137. The van der Waals surface area contributed by atoms with E-state index in [4.69, 9.17) is 14.2 Å². The van der Waals surface area contributed by atoms with Crippen LogP contribution in [0.4, 0.5) is 0 Å². The molecule has 0 radical (unpaired) electrons. The minimum atomic E-state index is -0.277. The molecular formula is C29H31N3O5. The van der Waals surface area contributed by atoms with E-state index >= 15 is 0 Å². The molecule has 8 nitrogen and oxygen atoms in total. The molecule has 37 heavy (non-hydrogen) atoms. The summed E-state index contributed by atoms with van der Waals surface area (Å²) in [4.78, 5) is 34.9. The van der Waals surface area contributed by atoms with Crippen molar-refractivity contribution in [3.63, 3.8) is 0 Å². The molecule has 0 spiro atoms. The monoisotopic (exact) mass is 501 g/mol. The molecule has 3 heterocycles. The second kappa shape index (κ2) is 10.5. The first-order valence-corrected chi connectivity index (χ1v) is 12.5. The molecule has 8 heteroatoms. The fraction of sp³-hybridized carbons (Fsp3) is 0.345. The summed E-state index contributed by atoms with van der Waals surface area (Å²) in [5.74, 6) is 1.62. The standard InChI is InChI=1S/C29H31N3O5/c1-19-6-4-5-7-23(19)27(22-9-11-26(35-3)30-17-22)31(2)28(33)20-12-14-32(15-13-20)29(34)21-8-10-24-25(16-21)37-18-36-24/h4-11,16-17,20,27H,12-15,18H2,1-3H3.